The minimum absolute atomic E-state index is 0.0115. The van der Waals surface area contributed by atoms with Crippen molar-refractivity contribution in [3.05, 3.63) is 95.6 Å². The van der Waals surface area contributed by atoms with Gasteiger partial charge in [0.05, 0.1) is 6.61 Å². The van der Waals surface area contributed by atoms with E-state index in [1.54, 1.807) is 42.6 Å². The summed E-state index contributed by atoms with van der Waals surface area (Å²) in [6.07, 6.45) is 8.75. The fourth-order valence-electron chi connectivity index (χ4n) is 6.16. The van der Waals surface area contributed by atoms with Gasteiger partial charge in [0, 0.05) is 38.2 Å². The van der Waals surface area contributed by atoms with E-state index < -0.39 is 26.9 Å². The van der Waals surface area contributed by atoms with E-state index in [9.17, 15) is 17.2 Å². The zero-order valence-electron chi connectivity index (χ0n) is 21.8. The molecule has 0 saturated carbocycles. The number of methoxy groups -OCH3 is 1. The van der Waals surface area contributed by atoms with Crippen LogP contribution in [0.2, 0.25) is 0 Å². The second-order valence-electron chi connectivity index (χ2n) is 10.4. The Balaban J connectivity index is 1.44. The third kappa shape index (κ3) is 4.79. The number of sulfonamides is 1. The highest BCUT2D eigenvalue weighted by Gasteiger charge is 2.51. The monoisotopic (exact) mass is 540 g/mol. The number of ether oxygens (including phenoxy) is 1. The van der Waals surface area contributed by atoms with Gasteiger partial charge in [-0.1, -0.05) is 61.2 Å². The maximum atomic E-state index is 14.2. The molecule has 3 aliphatic rings. The number of rotatable bonds is 6. The number of halogens is 2. The molecule has 2 saturated heterocycles. The normalized spacial score (nSPS) is 26.5. The third-order valence-corrected chi connectivity index (χ3v) is 10.3. The fraction of sp³-hybridized carbons (Fsp3) is 0.400. The summed E-state index contributed by atoms with van der Waals surface area (Å²) < 4.78 is 62.5. The van der Waals surface area contributed by atoms with Crippen molar-refractivity contribution in [1.29, 1.82) is 0 Å². The van der Waals surface area contributed by atoms with Crippen LogP contribution in [-0.2, 0) is 14.8 Å². The van der Waals surface area contributed by atoms with Gasteiger partial charge < -0.3 is 4.74 Å². The van der Waals surface area contributed by atoms with Crippen LogP contribution in [0.25, 0.3) is 11.1 Å². The van der Waals surface area contributed by atoms with Crippen molar-refractivity contribution < 1.29 is 21.9 Å². The lowest BCUT2D eigenvalue weighted by Crippen LogP contribution is -2.68. The Morgan fingerprint density at radius 3 is 2.50 bits per heavy atom. The van der Waals surface area contributed by atoms with E-state index in [2.05, 4.69) is 11.5 Å². The number of hydrogen-bond donors (Lipinski definition) is 0. The average Bonchev–Trinajstić information content (AvgIpc) is 2.89. The molecule has 2 heterocycles. The van der Waals surface area contributed by atoms with Gasteiger partial charge in [0.15, 0.2) is 11.6 Å². The van der Waals surface area contributed by atoms with Crippen molar-refractivity contribution >= 4 is 10.0 Å². The predicted octanol–water partition coefficient (Wildman–Crippen LogP) is 5.20. The third-order valence-electron chi connectivity index (χ3n) is 8.18. The molecule has 2 aliphatic heterocycles. The second kappa shape index (κ2) is 10.8. The summed E-state index contributed by atoms with van der Waals surface area (Å²) in [7, 11) is -1.93. The van der Waals surface area contributed by atoms with Gasteiger partial charge in [-0.3, -0.25) is 4.90 Å². The topological polar surface area (TPSA) is 49.9 Å². The molecule has 0 bridgehead atoms. The molecule has 0 N–H and O–H groups in total. The molecule has 1 aliphatic carbocycles. The Morgan fingerprint density at radius 2 is 1.79 bits per heavy atom. The van der Waals surface area contributed by atoms with Crippen LogP contribution in [0.5, 0.6) is 0 Å². The summed E-state index contributed by atoms with van der Waals surface area (Å²) in [6.45, 7) is 7.89. The number of fused-ring (bicyclic) bond motifs is 1. The first-order valence-electron chi connectivity index (χ1n) is 13.1. The quantitative estimate of drug-likeness (QED) is 0.506. The van der Waals surface area contributed by atoms with E-state index >= 15 is 0 Å². The average molecular weight is 541 g/mol. The zero-order valence-corrected chi connectivity index (χ0v) is 22.6. The minimum Gasteiger partial charge on any atom is -0.383 e. The molecule has 2 fully saturated rings. The fourth-order valence-corrected chi connectivity index (χ4v) is 7.97. The molecule has 2 aromatic carbocycles. The van der Waals surface area contributed by atoms with E-state index in [0.717, 1.165) is 36.6 Å². The molecule has 0 amide bonds. The van der Waals surface area contributed by atoms with Gasteiger partial charge in [0.1, 0.15) is 5.25 Å². The number of benzene rings is 2. The van der Waals surface area contributed by atoms with Crippen molar-refractivity contribution in [3.63, 3.8) is 0 Å². The van der Waals surface area contributed by atoms with Crippen LogP contribution < -0.4 is 0 Å². The summed E-state index contributed by atoms with van der Waals surface area (Å²) in [5.74, 6) is -1.61. The number of nitrogens with zero attached hydrogens (tertiary/aromatic N) is 2. The van der Waals surface area contributed by atoms with E-state index in [1.807, 2.05) is 30.3 Å². The van der Waals surface area contributed by atoms with Gasteiger partial charge in [-0.05, 0) is 60.2 Å². The molecule has 8 heteroatoms. The van der Waals surface area contributed by atoms with Crippen LogP contribution >= 0.6 is 0 Å². The SMILES string of the molecule is C=C1C=CC=CC1S(=O)(=O)N1CCCCN2C(COC)C(c3ccc(-c4ccc(F)c(F)c4C)cc3)[C@@H]2C1. The Hall–Kier alpha value is -2.65. The largest absolute Gasteiger partial charge is 0.383 e. The first-order valence-corrected chi connectivity index (χ1v) is 14.6. The van der Waals surface area contributed by atoms with Gasteiger partial charge in [0.2, 0.25) is 10.0 Å². The first kappa shape index (κ1) is 26.9. The van der Waals surface area contributed by atoms with E-state index in [4.69, 9.17) is 4.74 Å². The summed E-state index contributed by atoms with van der Waals surface area (Å²) in [5, 5.41) is -0.743. The van der Waals surface area contributed by atoms with Gasteiger partial charge in [0.25, 0.3) is 0 Å². The molecule has 0 aromatic heterocycles. The van der Waals surface area contributed by atoms with Crippen molar-refractivity contribution in [2.75, 3.05) is 33.4 Å². The maximum absolute atomic E-state index is 14.2. The molecule has 38 heavy (non-hydrogen) atoms. The van der Waals surface area contributed by atoms with Crippen LogP contribution in [0.1, 0.15) is 29.9 Å². The van der Waals surface area contributed by atoms with Gasteiger partial charge in [-0.25, -0.2) is 17.2 Å². The first-order chi connectivity index (χ1) is 18.2. The maximum Gasteiger partial charge on any atom is 0.224 e. The molecule has 4 atom stereocenters. The number of hydrogen-bond acceptors (Lipinski definition) is 4. The molecule has 0 radical (unpaired) electrons. The second-order valence-corrected chi connectivity index (χ2v) is 12.4. The predicted molar refractivity (Wildman–Crippen MR) is 146 cm³/mol. The zero-order chi connectivity index (χ0) is 27.0. The Morgan fingerprint density at radius 1 is 1.05 bits per heavy atom. The lowest BCUT2D eigenvalue weighted by Gasteiger charge is -2.57. The van der Waals surface area contributed by atoms with Crippen molar-refractivity contribution in [1.82, 2.24) is 9.21 Å². The van der Waals surface area contributed by atoms with Gasteiger partial charge in [-0.15, -0.1) is 0 Å². The van der Waals surface area contributed by atoms with Crippen LogP contribution in [-0.4, -0.2) is 68.3 Å². The molecule has 3 unspecified atom stereocenters. The van der Waals surface area contributed by atoms with E-state index in [0.29, 0.717) is 30.8 Å². The summed E-state index contributed by atoms with van der Waals surface area (Å²) in [5.41, 5.74) is 3.40. The molecule has 5 nitrogen and oxygen atoms in total. The summed E-state index contributed by atoms with van der Waals surface area (Å²) in [4.78, 5) is 2.38. The molecule has 0 spiro atoms. The van der Waals surface area contributed by atoms with Crippen LogP contribution in [0.4, 0.5) is 8.78 Å². The molecule has 202 valence electrons. The lowest BCUT2D eigenvalue weighted by atomic mass is 9.74. The summed E-state index contributed by atoms with van der Waals surface area (Å²) >= 11 is 0. The Labute approximate surface area is 224 Å². The molecular weight excluding hydrogens is 506 g/mol. The molecular formula is C30H34F2N2O3S. The van der Waals surface area contributed by atoms with Crippen LogP contribution in [0.3, 0.4) is 0 Å². The van der Waals surface area contributed by atoms with Crippen LogP contribution in [0.15, 0.2) is 72.9 Å². The van der Waals surface area contributed by atoms with Crippen LogP contribution in [0, 0.1) is 18.6 Å². The smallest absolute Gasteiger partial charge is 0.224 e. The highest BCUT2D eigenvalue weighted by Crippen LogP contribution is 2.43. The van der Waals surface area contributed by atoms with Crippen molar-refractivity contribution in [3.8, 4) is 11.1 Å². The van der Waals surface area contributed by atoms with E-state index in [-0.39, 0.29) is 23.6 Å². The number of allylic oxidation sites excluding steroid dienone is 3. The molecule has 5 rings (SSSR count). The summed E-state index contributed by atoms with van der Waals surface area (Å²) in [6, 6.07) is 10.8. The van der Waals surface area contributed by atoms with Crippen molar-refractivity contribution in [2.24, 2.45) is 0 Å². The highest BCUT2D eigenvalue weighted by atomic mass is 32.2. The molecule has 2 aromatic rings. The lowest BCUT2D eigenvalue weighted by molar-refractivity contribution is -0.0635. The minimum atomic E-state index is -3.62. The Kier molecular flexibility index (Phi) is 7.69. The van der Waals surface area contributed by atoms with Gasteiger partial charge >= 0.3 is 0 Å². The standard InChI is InChI=1S/C30H34F2N2O3S/c1-20-8-4-5-9-28(20)38(35,36)33-16-6-7-17-34-26(18-33)29(27(34)19-37-3)23-12-10-22(11-13-23)24-14-15-25(31)30(32)21(24)2/h4-5,8-15,26-29H,1,6-7,16-19H2,2-3H3/t26-,27?,28?,29?/m0/s1. The van der Waals surface area contributed by atoms with E-state index in [1.165, 1.54) is 0 Å². The Bertz CT molecular complexity index is 1370. The highest BCUT2D eigenvalue weighted by molar-refractivity contribution is 7.90. The van der Waals surface area contributed by atoms with Gasteiger partial charge in [-0.2, -0.15) is 4.31 Å². The van der Waals surface area contributed by atoms with Crippen molar-refractivity contribution in [2.45, 2.75) is 43.0 Å².